The summed E-state index contributed by atoms with van der Waals surface area (Å²) >= 11 is 5.82. The molecule has 0 aliphatic heterocycles. The van der Waals surface area contributed by atoms with Crippen LogP contribution in [0.1, 0.15) is 5.56 Å². The first kappa shape index (κ1) is 11.0. The minimum Gasteiger partial charge on any atom is -0.489 e. The Morgan fingerprint density at radius 2 is 1.81 bits per heavy atom. The Morgan fingerprint density at radius 1 is 1.06 bits per heavy atom. The maximum Gasteiger partial charge on any atom is 0.123 e. The average Bonchev–Trinajstić information content (AvgIpc) is 2.28. The molecule has 0 unspecified atom stereocenters. The van der Waals surface area contributed by atoms with Crippen molar-refractivity contribution in [3.05, 3.63) is 64.9 Å². The number of ether oxygens (including phenoxy) is 1. The first-order valence-corrected chi connectivity index (χ1v) is 5.25. The van der Waals surface area contributed by atoms with E-state index < -0.39 is 0 Å². The quantitative estimate of drug-likeness (QED) is 0.781. The third kappa shape index (κ3) is 2.97. The fourth-order valence-electron chi connectivity index (χ4n) is 1.30. The van der Waals surface area contributed by atoms with Crippen LogP contribution in [0.25, 0.3) is 0 Å². The molecule has 0 aromatic heterocycles. The molecule has 0 bridgehead atoms. The normalized spacial score (nSPS) is 10.1. The van der Waals surface area contributed by atoms with Crippen molar-refractivity contribution < 1.29 is 9.13 Å². The highest BCUT2D eigenvalue weighted by molar-refractivity contribution is 6.30. The summed E-state index contributed by atoms with van der Waals surface area (Å²) in [6.45, 7) is 0.403. The fraction of sp³-hybridized carbons (Fsp3) is 0.0769. The van der Waals surface area contributed by atoms with Crippen molar-refractivity contribution in [3.8, 4) is 5.75 Å². The maximum atomic E-state index is 12.6. The van der Waals surface area contributed by atoms with E-state index in [1.165, 1.54) is 12.1 Å². The van der Waals surface area contributed by atoms with Crippen LogP contribution < -0.4 is 4.74 Å². The second-order valence-corrected chi connectivity index (χ2v) is 3.81. The Balaban J connectivity index is 1.99. The molecular weight excluding hydrogens is 227 g/mol. The number of rotatable bonds is 3. The lowest BCUT2D eigenvalue weighted by atomic mass is 10.2. The fourth-order valence-corrected chi connectivity index (χ4v) is 1.48. The van der Waals surface area contributed by atoms with Gasteiger partial charge in [-0.1, -0.05) is 29.8 Å². The van der Waals surface area contributed by atoms with Crippen LogP contribution in [0, 0.1) is 5.82 Å². The van der Waals surface area contributed by atoms with Crippen molar-refractivity contribution in [1.29, 1.82) is 0 Å². The van der Waals surface area contributed by atoms with Crippen molar-refractivity contribution in [2.24, 2.45) is 0 Å². The molecule has 0 aliphatic carbocycles. The van der Waals surface area contributed by atoms with Crippen LogP contribution in [0.5, 0.6) is 5.75 Å². The molecule has 82 valence electrons. The molecule has 0 saturated carbocycles. The number of benzene rings is 2. The standard InChI is InChI=1S/C13H10ClFO/c14-11-2-1-3-13(8-11)16-9-10-4-6-12(15)7-5-10/h1-8H,9H2. The summed E-state index contributed by atoms with van der Waals surface area (Å²) in [5.74, 6) is 0.461. The zero-order valence-electron chi connectivity index (χ0n) is 8.49. The Kier molecular flexibility index (Phi) is 3.42. The summed E-state index contributed by atoms with van der Waals surface area (Å²) in [5.41, 5.74) is 0.918. The highest BCUT2D eigenvalue weighted by atomic mass is 35.5. The van der Waals surface area contributed by atoms with Gasteiger partial charge in [-0.2, -0.15) is 0 Å². The summed E-state index contributed by atoms with van der Waals surface area (Å²) in [5, 5.41) is 0.636. The van der Waals surface area contributed by atoms with Crippen molar-refractivity contribution in [2.45, 2.75) is 6.61 Å². The molecule has 0 radical (unpaired) electrons. The monoisotopic (exact) mass is 236 g/mol. The minimum atomic E-state index is -0.244. The summed E-state index contributed by atoms with van der Waals surface area (Å²) in [7, 11) is 0. The van der Waals surface area contributed by atoms with Gasteiger partial charge in [-0.15, -0.1) is 0 Å². The van der Waals surface area contributed by atoms with Crippen molar-refractivity contribution in [1.82, 2.24) is 0 Å². The second kappa shape index (κ2) is 4.99. The molecule has 0 spiro atoms. The molecule has 0 aliphatic rings. The van der Waals surface area contributed by atoms with Gasteiger partial charge in [0.2, 0.25) is 0 Å². The van der Waals surface area contributed by atoms with E-state index in [4.69, 9.17) is 16.3 Å². The molecule has 16 heavy (non-hydrogen) atoms. The van der Waals surface area contributed by atoms with Gasteiger partial charge in [-0.3, -0.25) is 0 Å². The summed E-state index contributed by atoms with van der Waals surface area (Å²) in [4.78, 5) is 0. The molecule has 2 aromatic carbocycles. The SMILES string of the molecule is Fc1ccc(COc2cccc(Cl)c2)cc1. The van der Waals surface area contributed by atoms with Crippen LogP contribution in [0.4, 0.5) is 4.39 Å². The van der Waals surface area contributed by atoms with Gasteiger partial charge in [0, 0.05) is 5.02 Å². The van der Waals surface area contributed by atoms with Crippen LogP contribution in [0.3, 0.4) is 0 Å². The van der Waals surface area contributed by atoms with Crippen LogP contribution in [-0.4, -0.2) is 0 Å². The third-order valence-corrected chi connectivity index (χ3v) is 2.35. The third-order valence-electron chi connectivity index (χ3n) is 2.11. The second-order valence-electron chi connectivity index (χ2n) is 3.37. The molecule has 2 rings (SSSR count). The molecular formula is C13H10ClFO. The predicted octanol–water partition coefficient (Wildman–Crippen LogP) is 4.06. The molecule has 0 atom stereocenters. The predicted molar refractivity (Wildman–Crippen MR) is 62.2 cm³/mol. The van der Waals surface area contributed by atoms with Gasteiger partial charge in [-0.25, -0.2) is 4.39 Å². The first-order chi connectivity index (χ1) is 7.74. The van der Waals surface area contributed by atoms with E-state index in [1.54, 1.807) is 24.3 Å². The molecule has 0 saturated heterocycles. The van der Waals surface area contributed by atoms with Gasteiger partial charge < -0.3 is 4.74 Å². The molecule has 0 heterocycles. The maximum absolute atomic E-state index is 12.6. The van der Waals surface area contributed by atoms with E-state index in [0.717, 1.165) is 5.56 Å². The van der Waals surface area contributed by atoms with Crippen LogP contribution in [0.15, 0.2) is 48.5 Å². The van der Waals surface area contributed by atoms with E-state index >= 15 is 0 Å². The van der Waals surface area contributed by atoms with E-state index in [2.05, 4.69) is 0 Å². The molecule has 1 nitrogen and oxygen atoms in total. The van der Waals surface area contributed by atoms with E-state index in [1.807, 2.05) is 12.1 Å². The lowest BCUT2D eigenvalue weighted by Crippen LogP contribution is -1.95. The number of hydrogen-bond acceptors (Lipinski definition) is 1. The summed E-state index contributed by atoms with van der Waals surface area (Å²) in [6.07, 6.45) is 0. The van der Waals surface area contributed by atoms with E-state index in [0.29, 0.717) is 17.4 Å². The molecule has 0 N–H and O–H groups in total. The minimum absolute atomic E-state index is 0.244. The lowest BCUT2D eigenvalue weighted by Gasteiger charge is -2.06. The smallest absolute Gasteiger partial charge is 0.123 e. The highest BCUT2D eigenvalue weighted by Gasteiger charge is 1.97. The zero-order chi connectivity index (χ0) is 11.4. The average molecular weight is 237 g/mol. The lowest BCUT2D eigenvalue weighted by molar-refractivity contribution is 0.306. The largest absolute Gasteiger partial charge is 0.489 e. The van der Waals surface area contributed by atoms with Gasteiger partial charge in [0.05, 0.1) is 0 Å². The van der Waals surface area contributed by atoms with Crippen LogP contribution in [-0.2, 0) is 6.61 Å². The Bertz CT molecular complexity index is 468. The van der Waals surface area contributed by atoms with Gasteiger partial charge >= 0.3 is 0 Å². The first-order valence-electron chi connectivity index (χ1n) is 4.87. The van der Waals surface area contributed by atoms with E-state index in [-0.39, 0.29) is 5.82 Å². The van der Waals surface area contributed by atoms with Crippen LogP contribution >= 0.6 is 11.6 Å². The van der Waals surface area contributed by atoms with Gasteiger partial charge in [-0.05, 0) is 35.9 Å². The van der Waals surface area contributed by atoms with Gasteiger partial charge in [0.25, 0.3) is 0 Å². The molecule has 2 aromatic rings. The Hall–Kier alpha value is -1.54. The highest BCUT2D eigenvalue weighted by Crippen LogP contribution is 2.18. The summed E-state index contributed by atoms with van der Waals surface area (Å²) < 4.78 is 18.2. The molecule has 3 heteroatoms. The number of halogens is 2. The molecule has 0 fully saturated rings. The van der Waals surface area contributed by atoms with Gasteiger partial charge in [0.15, 0.2) is 0 Å². The van der Waals surface area contributed by atoms with Crippen molar-refractivity contribution in [3.63, 3.8) is 0 Å². The Morgan fingerprint density at radius 3 is 2.50 bits per heavy atom. The topological polar surface area (TPSA) is 9.23 Å². The zero-order valence-corrected chi connectivity index (χ0v) is 9.25. The van der Waals surface area contributed by atoms with E-state index in [9.17, 15) is 4.39 Å². The van der Waals surface area contributed by atoms with Crippen molar-refractivity contribution in [2.75, 3.05) is 0 Å². The van der Waals surface area contributed by atoms with Gasteiger partial charge in [0.1, 0.15) is 18.2 Å². The molecule has 0 amide bonds. The van der Waals surface area contributed by atoms with Crippen LogP contribution in [0.2, 0.25) is 5.02 Å². The number of hydrogen-bond donors (Lipinski definition) is 0. The Labute approximate surface area is 98.4 Å². The summed E-state index contributed by atoms with van der Waals surface area (Å²) in [6, 6.07) is 13.4. The van der Waals surface area contributed by atoms with Crippen molar-refractivity contribution >= 4 is 11.6 Å².